The molecule has 0 saturated carbocycles. The van der Waals surface area contributed by atoms with Gasteiger partial charge in [0.2, 0.25) is 5.95 Å². The SMILES string of the molecule is C/C=C/Cn1c(=O)c2c(nc3n2CCCN3c2ccc(OC)c(Cl)c2)n(C)c1=O. The van der Waals surface area contributed by atoms with E-state index in [0.29, 0.717) is 34.4 Å². The second-order valence-electron chi connectivity index (χ2n) is 6.89. The van der Waals surface area contributed by atoms with Gasteiger partial charge in [0.1, 0.15) is 5.75 Å². The van der Waals surface area contributed by atoms with Crippen LogP contribution in [0.1, 0.15) is 13.3 Å². The summed E-state index contributed by atoms with van der Waals surface area (Å²) >= 11 is 6.31. The second kappa shape index (κ2) is 7.44. The Morgan fingerprint density at radius 1 is 1.28 bits per heavy atom. The maximum atomic E-state index is 13.1. The molecule has 0 atom stereocenters. The summed E-state index contributed by atoms with van der Waals surface area (Å²) in [6.45, 7) is 3.47. The molecular formula is C20H22ClN5O3. The Kier molecular flexibility index (Phi) is 4.96. The third kappa shape index (κ3) is 3.04. The number of imidazole rings is 1. The van der Waals surface area contributed by atoms with Gasteiger partial charge in [-0.05, 0) is 31.5 Å². The van der Waals surface area contributed by atoms with Crippen LogP contribution in [0.2, 0.25) is 5.02 Å². The summed E-state index contributed by atoms with van der Waals surface area (Å²) in [5.74, 6) is 1.22. The van der Waals surface area contributed by atoms with E-state index in [1.807, 2.05) is 34.6 Å². The first-order valence-corrected chi connectivity index (χ1v) is 9.78. The molecule has 1 aromatic carbocycles. The summed E-state index contributed by atoms with van der Waals surface area (Å²) in [4.78, 5) is 32.5. The van der Waals surface area contributed by atoms with Crippen molar-refractivity contribution in [2.24, 2.45) is 7.05 Å². The highest BCUT2D eigenvalue weighted by Gasteiger charge is 2.27. The fraction of sp³-hybridized carbons (Fsp3) is 0.350. The minimum atomic E-state index is -0.380. The molecule has 9 heteroatoms. The van der Waals surface area contributed by atoms with Gasteiger partial charge in [-0.3, -0.25) is 13.9 Å². The third-order valence-corrected chi connectivity index (χ3v) is 5.48. The molecule has 0 bridgehead atoms. The summed E-state index contributed by atoms with van der Waals surface area (Å²) in [5.41, 5.74) is 0.977. The lowest BCUT2D eigenvalue weighted by Gasteiger charge is -2.29. The number of ether oxygens (including phenoxy) is 1. The third-order valence-electron chi connectivity index (χ3n) is 5.19. The van der Waals surface area contributed by atoms with Gasteiger partial charge < -0.3 is 14.2 Å². The topological polar surface area (TPSA) is 74.3 Å². The molecule has 1 aliphatic heterocycles. The van der Waals surface area contributed by atoms with E-state index in [4.69, 9.17) is 16.3 Å². The van der Waals surface area contributed by atoms with Gasteiger partial charge in [-0.15, -0.1) is 0 Å². The molecule has 29 heavy (non-hydrogen) atoms. The van der Waals surface area contributed by atoms with Gasteiger partial charge in [0.25, 0.3) is 5.56 Å². The molecule has 3 aromatic rings. The van der Waals surface area contributed by atoms with Crippen LogP contribution in [0.25, 0.3) is 11.2 Å². The average Bonchev–Trinajstić information content (AvgIpc) is 3.12. The van der Waals surface area contributed by atoms with Gasteiger partial charge in [-0.25, -0.2) is 4.79 Å². The van der Waals surface area contributed by atoms with Crippen LogP contribution in [0.3, 0.4) is 0 Å². The zero-order valence-corrected chi connectivity index (χ0v) is 17.3. The van der Waals surface area contributed by atoms with Crippen molar-refractivity contribution in [3.8, 4) is 5.75 Å². The highest BCUT2D eigenvalue weighted by atomic mass is 35.5. The normalized spacial score (nSPS) is 14.0. The van der Waals surface area contributed by atoms with Gasteiger partial charge in [0, 0.05) is 32.4 Å². The summed E-state index contributed by atoms with van der Waals surface area (Å²) in [7, 11) is 3.21. The van der Waals surface area contributed by atoms with Gasteiger partial charge in [-0.1, -0.05) is 23.8 Å². The van der Waals surface area contributed by atoms with Crippen molar-refractivity contribution in [3.63, 3.8) is 0 Å². The van der Waals surface area contributed by atoms with Gasteiger partial charge in [-0.2, -0.15) is 4.98 Å². The van der Waals surface area contributed by atoms with Crippen molar-refractivity contribution in [1.82, 2.24) is 18.7 Å². The molecule has 0 spiro atoms. The monoisotopic (exact) mass is 415 g/mol. The highest BCUT2D eigenvalue weighted by molar-refractivity contribution is 6.32. The van der Waals surface area contributed by atoms with E-state index in [0.717, 1.165) is 18.7 Å². The van der Waals surface area contributed by atoms with Crippen LogP contribution < -0.4 is 20.9 Å². The second-order valence-corrected chi connectivity index (χ2v) is 7.29. The highest BCUT2D eigenvalue weighted by Crippen LogP contribution is 2.35. The Labute approximate surface area is 172 Å². The van der Waals surface area contributed by atoms with Crippen molar-refractivity contribution in [2.75, 3.05) is 18.6 Å². The molecule has 1 aliphatic rings. The maximum absolute atomic E-state index is 13.1. The smallest absolute Gasteiger partial charge is 0.332 e. The quantitative estimate of drug-likeness (QED) is 0.612. The van der Waals surface area contributed by atoms with Crippen LogP contribution in [-0.4, -0.2) is 32.3 Å². The molecule has 2 aromatic heterocycles. The summed E-state index contributed by atoms with van der Waals surface area (Å²) in [5, 5.41) is 0.499. The summed E-state index contributed by atoms with van der Waals surface area (Å²) in [6, 6.07) is 5.53. The van der Waals surface area contributed by atoms with Crippen molar-refractivity contribution in [1.29, 1.82) is 0 Å². The van der Waals surface area contributed by atoms with Crippen molar-refractivity contribution >= 4 is 34.4 Å². The number of aromatic nitrogens is 4. The Balaban J connectivity index is 1.93. The van der Waals surface area contributed by atoms with E-state index in [1.54, 1.807) is 26.3 Å². The number of fused-ring (bicyclic) bond motifs is 3. The van der Waals surface area contributed by atoms with Gasteiger partial charge in [0.05, 0.1) is 12.1 Å². The first-order chi connectivity index (χ1) is 14.0. The molecule has 0 amide bonds. The Hall–Kier alpha value is -3.00. The first kappa shape index (κ1) is 19.3. The Morgan fingerprint density at radius 3 is 2.76 bits per heavy atom. The van der Waals surface area contributed by atoms with Crippen LogP contribution in [0.4, 0.5) is 11.6 Å². The average molecular weight is 416 g/mol. The fourth-order valence-electron chi connectivity index (χ4n) is 3.70. The van der Waals surface area contributed by atoms with E-state index in [2.05, 4.69) is 4.98 Å². The molecule has 0 radical (unpaired) electrons. The van der Waals surface area contributed by atoms with E-state index >= 15 is 0 Å². The van der Waals surface area contributed by atoms with Gasteiger partial charge >= 0.3 is 5.69 Å². The number of hydrogen-bond acceptors (Lipinski definition) is 5. The molecule has 4 rings (SSSR count). The zero-order valence-electron chi connectivity index (χ0n) is 16.6. The van der Waals surface area contributed by atoms with Crippen molar-refractivity contribution in [2.45, 2.75) is 26.4 Å². The van der Waals surface area contributed by atoms with E-state index in [1.165, 1.54) is 9.13 Å². The van der Waals surface area contributed by atoms with Gasteiger partial charge in [0.15, 0.2) is 11.2 Å². The largest absolute Gasteiger partial charge is 0.495 e. The number of rotatable bonds is 4. The number of hydrogen-bond donors (Lipinski definition) is 0. The number of nitrogens with zero attached hydrogens (tertiary/aromatic N) is 5. The lowest BCUT2D eigenvalue weighted by Crippen LogP contribution is -2.39. The van der Waals surface area contributed by atoms with E-state index in [9.17, 15) is 9.59 Å². The number of anilines is 2. The van der Waals surface area contributed by atoms with Crippen LogP contribution in [0.5, 0.6) is 5.75 Å². The number of aryl methyl sites for hydroxylation is 2. The lowest BCUT2D eigenvalue weighted by atomic mass is 10.2. The molecule has 0 unspecified atom stereocenters. The predicted molar refractivity (Wildman–Crippen MR) is 114 cm³/mol. The minimum absolute atomic E-state index is 0.232. The first-order valence-electron chi connectivity index (χ1n) is 9.40. The Morgan fingerprint density at radius 2 is 2.07 bits per heavy atom. The summed E-state index contributed by atoms with van der Waals surface area (Å²) in [6.07, 6.45) is 4.43. The maximum Gasteiger partial charge on any atom is 0.332 e. The van der Waals surface area contributed by atoms with Crippen LogP contribution >= 0.6 is 11.6 Å². The molecule has 3 heterocycles. The Bertz CT molecular complexity index is 1240. The number of methoxy groups -OCH3 is 1. The van der Waals surface area contributed by atoms with Crippen LogP contribution in [0, 0.1) is 0 Å². The molecule has 0 N–H and O–H groups in total. The van der Waals surface area contributed by atoms with E-state index in [-0.39, 0.29) is 17.8 Å². The molecule has 0 aliphatic carbocycles. The number of allylic oxidation sites excluding steroid dienone is 2. The zero-order chi connectivity index (χ0) is 20.7. The van der Waals surface area contributed by atoms with Crippen molar-refractivity contribution in [3.05, 3.63) is 56.2 Å². The molecule has 0 saturated heterocycles. The van der Waals surface area contributed by atoms with Crippen LogP contribution in [0.15, 0.2) is 39.9 Å². The molecule has 0 fully saturated rings. The van der Waals surface area contributed by atoms with Crippen LogP contribution in [-0.2, 0) is 20.1 Å². The molecule has 152 valence electrons. The van der Waals surface area contributed by atoms with Crippen molar-refractivity contribution < 1.29 is 4.74 Å². The standard InChI is InChI=1S/C20H22ClN5O3/c1-4-5-9-26-18(27)16-17(23(2)20(26)28)22-19-24(10-6-11-25(16)19)13-7-8-15(29-3)14(21)12-13/h4-5,7-8,12H,6,9-11H2,1-3H3/b5-4+. The minimum Gasteiger partial charge on any atom is -0.495 e. The fourth-order valence-corrected chi connectivity index (χ4v) is 3.96. The number of halogens is 1. The predicted octanol–water partition coefficient (Wildman–Crippen LogP) is 2.68. The number of benzene rings is 1. The summed E-state index contributed by atoms with van der Waals surface area (Å²) < 4.78 is 9.80. The van der Waals surface area contributed by atoms with E-state index < -0.39 is 0 Å². The molecule has 8 nitrogen and oxygen atoms in total. The lowest BCUT2D eigenvalue weighted by molar-refractivity contribution is 0.415. The molecular weight excluding hydrogens is 394 g/mol.